The molecule has 13 aromatic carbocycles. The van der Waals surface area contributed by atoms with Crippen LogP contribution in [0.4, 0.5) is 34.1 Å². The van der Waals surface area contributed by atoms with Crippen LogP contribution in [0.1, 0.15) is 0 Å². The molecule has 2 nitrogen and oxygen atoms in total. The Morgan fingerprint density at radius 1 is 0.171 bits per heavy atom. The SMILES string of the molecule is c1ccc(-c2cc(-c3c4ccccc4c(-c4cc(-c5ccccc5)cc(N(c5ccccc5)c5ccccc5)c4-c4ccccc4)c4ccccc34)c(-c3ccccc3)c(N(c3ccccc3)c3ccccc3)c2)cc1. The number of anilines is 6. The van der Waals surface area contributed by atoms with Gasteiger partial charge < -0.3 is 9.80 Å². The van der Waals surface area contributed by atoms with E-state index in [-0.39, 0.29) is 0 Å². The van der Waals surface area contributed by atoms with Crippen LogP contribution in [-0.4, -0.2) is 0 Å². The van der Waals surface area contributed by atoms with Crippen molar-refractivity contribution in [1.29, 1.82) is 0 Å². The number of hydrogen-bond donors (Lipinski definition) is 0. The van der Waals surface area contributed by atoms with Gasteiger partial charge in [0, 0.05) is 33.9 Å². The Balaban J connectivity index is 1.19. The third-order valence-corrected chi connectivity index (χ3v) is 14.6. The summed E-state index contributed by atoms with van der Waals surface area (Å²) in [6.07, 6.45) is 0. The lowest BCUT2D eigenvalue weighted by Crippen LogP contribution is -2.12. The van der Waals surface area contributed by atoms with Gasteiger partial charge >= 0.3 is 0 Å². The van der Waals surface area contributed by atoms with Crippen LogP contribution in [0.25, 0.3) is 88.3 Å². The molecule has 13 aromatic rings. The molecule has 0 radical (unpaired) electrons. The molecule has 13 rings (SSSR count). The minimum absolute atomic E-state index is 1.08. The summed E-state index contributed by atoms with van der Waals surface area (Å²) in [6, 6.07) is 115. The average molecular weight is 969 g/mol. The highest BCUT2D eigenvalue weighted by atomic mass is 15.2. The van der Waals surface area contributed by atoms with Crippen LogP contribution in [-0.2, 0) is 0 Å². The Bertz CT molecular complexity index is 3700. The normalized spacial score (nSPS) is 11.2. The molecule has 0 fully saturated rings. The van der Waals surface area contributed by atoms with E-state index in [4.69, 9.17) is 0 Å². The van der Waals surface area contributed by atoms with Crippen molar-refractivity contribution in [3.05, 3.63) is 315 Å². The molecule has 0 N–H and O–H groups in total. The maximum atomic E-state index is 2.45. The fourth-order valence-electron chi connectivity index (χ4n) is 11.3. The summed E-state index contributed by atoms with van der Waals surface area (Å²) in [6.45, 7) is 0. The van der Waals surface area contributed by atoms with Crippen LogP contribution in [0.2, 0.25) is 0 Å². The Labute approximate surface area is 445 Å². The van der Waals surface area contributed by atoms with Gasteiger partial charge in [0.2, 0.25) is 0 Å². The largest absolute Gasteiger partial charge is 0.310 e. The van der Waals surface area contributed by atoms with E-state index in [1.807, 2.05) is 0 Å². The molecule has 0 saturated carbocycles. The van der Waals surface area contributed by atoms with E-state index < -0.39 is 0 Å². The van der Waals surface area contributed by atoms with Gasteiger partial charge in [-0.3, -0.25) is 0 Å². The molecule has 76 heavy (non-hydrogen) atoms. The third kappa shape index (κ3) is 8.58. The Hall–Kier alpha value is -10.0. The van der Waals surface area contributed by atoms with E-state index in [1.165, 1.54) is 32.7 Å². The zero-order valence-electron chi connectivity index (χ0n) is 41.9. The lowest BCUT2D eigenvalue weighted by atomic mass is 9.80. The summed E-state index contributed by atoms with van der Waals surface area (Å²) in [4.78, 5) is 4.87. The van der Waals surface area contributed by atoms with Crippen molar-refractivity contribution in [2.75, 3.05) is 9.80 Å². The predicted molar refractivity (Wildman–Crippen MR) is 323 cm³/mol. The van der Waals surface area contributed by atoms with Crippen molar-refractivity contribution < 1.29 is 0 Å². The highest BCUT2D eigenvalue weighted by Crippen LogP contribution is 2.55. The predicted octanol–water partition coefficient (Wildman–Crippen LogP) is 20.9. The number of hydrogen-bond acceptors (Lipinski definition) is 2. The first-order valence-electron chi connectivity index (χ1n) is 26.1. The molecule has 0 saturated heterocycles. The quantitative estimate of drug-likeness (QED) is 0.113. The lowest BCUT2D eigenvalue weighted by Gasteiger charge is -2.31. The summed E-state index contributed by atoms with van der Waals surface area (Å²) < 4.78 is 0. The topological polar surface area (TPSA) is 6.48 Å². The van der Waals surface area contributed by atoms with Gasteiger partial charge in [-0.25, -0.2) is 0 Å². The number of rotatable bonds is 12. The van der Waals surface area contributed by atoms with Gasteiger partial charge in [0.05, 0.1) is 11.4 Å². The molecule has 0 aromatic heterocycles. The molecular weight excluding hydrogens is 917 g/mol. The van der Waals surface area contributed by atoms with Crippen molar-refractivity contribution in [3.63, 3.8) is 0 Å². The van der Waals surface area contributed by atoms with Gasteiger partial charge in [-0.05, 0) is 150 Å². The van der Waals surface area contributed by atoms with Crippen LogP contribution in [0.5, 0.6) is 0 Å². The van der Waals surface area contributed by atoms with Crippen LogP contribution < -0.4 is 9.80 Å². The standard InChI is InChI=1S/C74H52N2/c1-9-29-53(30-10-1)57-49-67(71(55-33-13-3-14-34-55)69(51-57)75(59-37-17-5-18-38-59)60-39-19-6-20-40-60)73-63-45-25-27-47-65(63)74(66-48-28-26-46-64(66)73)68-50-58(54-31-11-2-12-32-54)52-70(72(68)56-35-15-4-16-36-56)76(61-41-21-7-22-42-61)62-43-23-8-24-44-62/h1-52H. The van der Waals surface area contributed by atoms with E-state index in [0.717, 1.165) is 89.8 Å². The molecule has 358 valence electrons. The van der Waals surface area contributed by atoms with Crippen molar-refractivity contribution >= 4 is 55.7 Å². The average Bonchev–Trinajstić information content (AvgIpc) is 3.54. The number of nitrogens with zero attached hydrogens (tertiary/aromatic N) is 2. The molecular formula is C74H52N2. The number of para-hydroxylation sites is 4. The molecule has 0 aliphatic rings. The van der Waals surface area contributed by atoms with E-state index in [1.54, 1.807) is 0 Å². The van der Waals surface area contributed by atoms with Gasteiger partial charge in [0.1, 0.15) is 0 Å². The fraction of sp³-hybridized carbons (Fsp3) is 0. The summed E-state index contributed by atoms with van der Waals surface area (Å²) in [5, 5.41) is 4.68. The lowest BCUT2D eigenvalue weighted by molar-refractivity contribution is 1.28. The second-order valence-corrected chi connectivity index (χ2v) is 19.2. The third-order valence-electron chi connectivity index (χ3n) is 14.6. The van der Waals surface area contributed by atoms with Gasteiger partial charge in [0.25, 0.3) is 0 Å². The fourth-order valence-corrected chi connectivity index (χ4v) is 11.3. The monoisotopic (exact) mass is 968 g/mol. The van der Waals surface area contributed by atoms with Gasteiger partial charge in [-0.2, -0.15) is 0 Å². The highest BCUT2D eigenvalue weighted by molar-refractivity contribution is 6.25. The van der Waals surface area contributed by atoms with E-state index in [2.05, 4.69) is 325 Å². The first kappa shape index (κ1) is 45.8. The summed E-state index contributed by atoms with van der Waals surface area (Å²) in [5.41, 5.74) is 20.3. The molecule has 0 aliphatic carbocycles. The smallest absolute Gasteiger partial charge is 0.0552 e. The molecule has 0 heterocycles. The van der Waals surface area contributed by atoms with E-state index in [9.17, 15) is 0 Å². The zero-order chi connectivity index (χ0) is 50.6. The summed E-state index contributed by atoms with van der Waals surface area (Å²) in [5.74, 6) is 0. The first-order valence-corrected chi connectivity index (χ1v) is 26.1. The van der Waals surface area contributed by atoms with E-state index >= 15 is 0 Å². The molecule has 0 atom stereocenters. The van der Waals surface area contributed by atoms with Crippen LogP contribution in [0.3, 0.4) is 0 Å². The molecule has 0 spiro atoms. The number of benzene rings is 13. The Morgan fingerprint density at radius 2 is 0.395 bits per heavy atom. The van der Waals surface area contributed by atoms with Crippen LogP contribution in [0, 0.1) is 0 Å². The van der Waals surface area contributed by atoms with Gasteiger partial charge in [-0.15, -0.1) is 0 Å². The highest BCUT2D eigenvalue weighted by Gasteiger charge is 2.28. The molecule has 2 heteroatoms. The van der Waals surface area contributed by atoms with Crippen LogP contribution >= 0.6 is 0 Å². The zero-order valence-corrected chi connectivity index (χ0v) is 41.9. The van der Waals surface area contributed by atoms with Gasteiger partial charge in [0.15, 0.2) is 0 Å². The molecule has 0 unspecified atom stereocenters. The molecule has 0 aliphatic heterocycles. The molecule has 0 bridgehead atoms. The first-order chi connectivity index (χ1) is 37.8. The van der Waals surface area contributed by atoms with Crippen LogP contribution in [0.15, 0.2) is 315 Å². The van der Waals surface area contributed by atoms with Crippen molar-refractivity contribution in [1.82, 2.24) is 0 Å². The maximum absolute atomic E-state index is 2.45. The summed E-state index contributed by atoms with van der Waals surface area (Å²) in [7, 11) is 0. The van der Waals surface area contributed by atoms with Crippen molar-refractivity contribution in [3.8, 4) is 66.8 Å². The van der Waals surface area contributed by atoms with E-state index in [0.29, 0.717) is 0 Å². The molecule has 0 amide bonds. The maximum Gasteiger partial charge on any atom is 0.0552 e. The summed E-state index contributed by atoms with van der Waals surface area (Å²) >= 11 is 0. The second kappa shape index (κ2) is 20.5. The Kier molecular flexibility index (Phi) is 12.3. The minimum atomic E-state index is 1.08. The second-order valence-electron chi connectivity index (χ2n) is 19.2. The minimum Gasteiger partial charge on any atom is -0.310 e. The Morgan fingerprint density at radius 3 is 0.658 bits per heavy atom. The van der Waals surface area contributed by atoms with Crippen molar-refractivity contribution in [2.45, 2.75) is 0 Å². The van der Waals surface area contributed by atoms with Gasteiger partial charge in [-0.1, -0.05) is 243 Å². The number of fused-ring (bicyclic) bond motifs is 2. The van der Waals surface area contributed by atoms with Crippen molar-refractivity contribution in [2.24, 2.45) is 0 Å².